The van der Waals surface area contributed by atoms with Crippen molar-refractivity contribution in [3.63, 3.8) is 0 Å². The lowest BCUT2D eigenvalue weighted by Crippen LogP contribution is -2.16. The third-order valence-electron chi connectivity index (χ3n) is 8.59. The molecule has 0 aliphatic rings. The molecule has 216 valence electrons. The summed E-state index contributed by atoms with van der Waals surface area (Å²) in [5.41, 5.74) is 10.1. The second-order valence-corrected chi connectivity index (χ2v) is 13.4. The fourth-order valence-electron chi connectivity index (χ4n) is 6.25. The summed E-state index contributed by atoms with van der Waals surface area (Å²) in [6.07, 6.45) is 0. The molecule has 0 aliphatic heterocycles. The van der Waals surface area contributed by atoms with Gasteiger partial charge in [0.05, 0.1) is 27.8 Å². The molecule has 7 aromatic rings. The monoisotopic (exact) mass is 568 g/mol. The highest BCUT2D eigenvalue weighted by Gasteiger charge is 2.27. The Morgan fingerprint density at radius 1 is 0.767 bits per heavy atom. The van der Waals surface area contributed by atoms with E-state index in [0.717, 1.165) is 38.6 Å². The van der Waals surface area contributed by atoms with Crippen LogP contribution in [0.4, 0.5) is 0 Å². The summed E-state index contributed by atoms with van der Waals surface area (Å²) in [4.78, 5) is 10.1. The van der Waals surface area contributed by atoms with Crippen molar-refractivity contribution in [2.75, 3.05) is 0 Å². The van der Waals surface area contributed by atoms with Crippen LogP contribution in [0.15, 0.2) is 83.3 Å². The number of imidazole rings is 1. The summed E-state index contributed by atoms with van der Waals surface area (Å²) in [5.74, 6) is 1.37. The molecule has 0 amide bonds. The third kappa shape index (κ3) is 4.43. The maximum absolute atomic E-state index is 7.88. The Kier molecular flexibility index (Phi) is 5.48. The van der Waals surface area contributed by atoms with E-state index in [4.69, 9.17) is 18.5 Å². The van der Waals surface area contributed by atoms with Crippen LogP contribution in [0.3, 0.4) is 0 Å². The first kappa shape index (κ1) is 24.0. The Morgan fingerprint density at radius 3 is 2.21 bits per heavy atom. The van der Waals surface area contributed by atoms with Gasteiger partial charge in [-0.2, -0.15) is 0 Å². The van der Waals surface area contributed by atoms with Gasteiger partial charge in [-0.05, 0) is 77.2 Å². The van der Waals surface area contributed by atoms with E-state index in [1.54, 1.807) is 18.2 Å². The average molecular weight is 569 g/mol. The molecule has 0 atom stereocenters. The van der Waals surface area contributed by atoms with E-state index in [2.05, 4.69) is 89.4 Å². The lowest BCUT2D eigenvalue weighted by Gasteiger charge is -2.28. The molecule has 0 fully saturated rings. The van der Waals surface area contributed by atoms with Crippen LogP contribution >= 0.6 is 0 Å². The number of pyridine rings is 1. The number of aryl methyl sites for hydroxylation is 1. The minimum Gasteiger partial charge on any atom is -0.437 e. The van der Waals surface area contributed by atoms with Gasteiger partial charge in [0.25, 0.3) is 0 Å². The Morgan fingerprint density at radius 2 is 1.51 bits per heavy atom. The molecular weight excluding hydrogens is 526 g/mol. The van der Waals surface area contributed by atoms with Crippen LogP contribution in [0.1, 0.15) is 86.7 Å². The van der Waals surface area contributed by atoms with Crippen molar-refractivity contribution < 1.29 is 8.53 Å². The first-order chi connectivity index (χ1) is 21.7. The second-order valence-electron chi connectivity index (χ2n) is 13.4. The molecule has 0 aliphatic carbocycles. The highest BCUT2D eigenvalue weighted by atomic mass is 16.3. The summed E-state index contributed by atoms with van der Waals surface area (Å²) in [6, 6.07) is 26.3. The van der Waals surface area contributed by atoms with Crippen molar-refractivity contribution in [1.82, 2.24) is 14.5 Å². The van der Waals surface area contributed by atoms with Crippen molar-refractivity contribution in [3.8, 4) is 17.1 Å². The lowest BCUT2D eigenvalue weighted by atomic mass is 9.81. The quantitative estimate of drug-likeness (QED) is 0.212. The van der Waals surface area contributed by atoms with E-state index >= 15 is 0 Å². The van der Waals surface area contributed by atoms with E-state index in [1.165, 1.54) is 22.4 Å². The maximum Gasteiger partial charge on any atom is 0.227 e. The average Bonchev–Trinajstić information content (AvgIpc) is 3.56. The van der Waals surface area contributed by atoms with Crippen LogP contribution in [0, 0.1) is 6.85 Å². The van der Waals surface area contributed by atoms with Gasteiger partial charge in [-0.25, -0.2) is 9.97 Å². The van der Waals surface area contributed by atoms with Crippen LogP contribution in [0.25, 0.3) is 61.1 Å². The van der Waals surface area contributed by atoms with Crippen LogP contribution in [0.2, 0.25) is 0 Å². The van der Waals surface area contributed by atoms with Crippen LogP contribution in [0.5, 0.6) is 0 Å². The molecule has 0 radical (unpaired) electrons. The van der Waals surface area contributed by atoms with Crippen LogP contribution in [-0.4, -0.2) is 14.5 Å². The Bertz CT molecular complexity index is 2270. The Balaban J connectivity index is 1.55. The number of benzene rings is 4. The van der Waals surface area contributed by atoms with Crippen LogP contribution < -0.4 is 0 Å². The molecule has 0 bridgehead atoms. The highest BCUT2D eigenvalue weighted by Crippen LogP contribution is 2.42. The topological polar surface area (TPSA) is 43.9 Å². The van der Waals surface area contributed by atoms with E-state index in [0.29, 0.717) is 22.4 Å². The van der Waals surface area contributed by atoms with E-state index in [1.807, 2.05) is 24.3 Å². The summed E-state index contributed by atoms with van der Waals surface area (Å²) in [6.45, 7) is 13.7. The molecule has 0 unspecified atom stereocenters. The molecule has 4 nitrogen and oxygen atoms in total. The van der Waals surface area contributed by atoms with Crippen molar-refractivity contribution in [3.05, 3.63) is 101 Å². The molecule has 0 N–H and O–H groups in total. The molecule has 3 heterocycles. The number of furan rings is 1. The lowest BCUT2D eigenvalue weighted by molar-refractivity contribution is 0.586. The molecule has 0 spiro atoms. The summed E-state index contributed by atoms with van der Waals surface area (Å²) >= 11 is 0. The van der Waals surface area contributed by atoms with Gasteiger partial charge in [0, 0.05) is 20.3 Å². The first-order valence-corrected chi connectivity index (χ1v) is 15.2. The number of para-hydroxylation sites is 3. The summed E-state index contributed by atoms with van der Waals surface area (Å²) in [7, 11) is 0. The molecule has 0 saturated heterocycles. The Labute approximate surface area is 257 Å². The number of rotatable bonds is 4. The van der Waals surface area contributed by atoms with Gasteiger partial charge in [0.15, 0.2) is 0 Å². The molecule has 4 aromatic carbocycles. The molecule has 7 rings (SSSR count). The van der Waals surface area contributed by atoms with Gasteiger partial charge in [0.2, 0.25) is 5.71 Å². The van der Waals surface area contributed by atoms with Crippen molar-refractivity contribution in [2.24, 2.45) is 0 Å². The number of aromatic nitrogens is 3. The fraction of sp³-hybridized carbons (Fsp3) is 0.282. The van der Waals surface area contributed by atoms with Gasteiger partial charge in [0.1, 0.15) is 11.4 Å². The smallest absolute Gasteiger partial charge is 0.227 e. The number of hydrogen-bond acceptors (Lipinski definition) is 3. The fourth-order valence-corrected chi connectivity index (χ4v) is 6.25. The van der Waals surface area contributed by atoms with Crippen molar-refractivity contribution in [1.29, 1.82) is 0 Å². The highest BCUT2D eigenvalue weighted by molar-refractivity contribution is 6.11. The zero-order chi connectivity index (χ0) is 32.7. The van der Waals surface area contributed by atoms with Gasteiger partial charge >= 0.3 is 0 Å². The Hall–Kier alpha value is -4.44. The summed E-state index contributed by atoms with van der Waals surface area (Å²) in [5, 5.41) is 2.52. The predicted molar refractivity (Wildman–Crippen MR) is 181 cm³/mol. The molecule has 4 heteroatoms. The van der Waals surface area contributed by atoms with Gasteiger partial charge in [-0.15, -0.1) is 0 Å². The van der Waals surface area contributed by atoms with Crippen molar-refractivity contribution in [2.45, 2.75) is 72.6 Å². The van der Waals surface area contributed by atoms with E-state index < -0.39 is 6.85 Å². The predicted octanol–water partition coefficient (Wildman–Crippen LogP) is 11.0. The molecular formula is C39H39N3O. The summed E-state index contributed by atoms with van der Waals surface area (Å²) < 4.78 is 32.6. The standard InChI is InChI=1S/C39H39N3O/c1-22(2)29-20-26(39(6,7)8)21-30(23(3)4)35(29)42-34-15-10-9-14-33(34)40-37(42)28-13-11-12-27-31-19-25-18-24(5)16-17-32(25)41-38(31)43-36(27)28/h9-23H,1-8H3/i5D3. The number of hydrogen-bond donors (Lipinski definition) is 0. The molecule has 3 aromatic heterocycles. The zero-order valence-corrected chi connectivity index (χ0v) is 25.9. The van der Waals surface area contributed by atoms with Gasteiger partial charge in [-0.3, -0.25) is 4.57 Å². The van der Waals surface area contributed by atoms with Crippen LogP contribution in [-0.2, 0) is 5.41 Å². The van der Waals surface area contributed by atoms with Gasteiger partial charge < -0.3 is 4.42 Å². The second kappa shape index (κ2) is 9.80. The number of nitrogens with zero attached hydrogens (tertiary/aromatic N) is 3. The third-order valence-corrected chi connectivity index (χ3v) is 8.59. The molecule has 43 heavy (non-hydrogen) atoms. The number of fused-ring (bicyclic) bond motifs is 5. The normalized spacial score (nSPS) is 13.9. The first-order valence-electron chi connectivity index (χ1n) is 16.7. The minimum atomic E-state index is -2.19. The SMILES string of the molecule is [2H]C([2H])([2H])c1ccc2nc3oc4c(-c5nc6ccccc6n5-c5c(C(C)C)cc(C(C)(C)C)cc5C(C)C)cccc4c3cc2c1. The largest absolute Gasteiger partial charge is 0.437 e. The van der Waals surface area contributed by atoms with E-state index in [9.17, 15) is 0 Å². The molecule has 0 saturated carbocycles. The minimum absolute atomic E-state index is 0.00626. The van der Waals surface area contributed by atoms with Gasteiger partial charge in [-0.1, -0.05) is 96.5 Å². The van der Waals surface area contributed by atoms with E-state index in [-0.39, 0.29) is 17.3 Å². The maximum atomic E-state index is 7.88. The van der Waals surface area contributed by atoms with Crippen molar-refractivity contribution >= 4 is 44.0 Å². The zero-order valence-electron chi connectivity index (χ0n) is 28.9.